The number of morpholine rings is 1. The van der Waals surface area contributed by atoms with Gasteiger partial charge in [-0.25, -0.2) is 4.98 Å². The molecule has 0 aliphatic carbocycles. The Hall–Kier alpha value is -2.08. The normalized spacial score (nSPS) is 14.9. The molecule has 7 heteroatoms. The van der Waals surface area contributed by atoms with Crippen molar-refractivity contribution in [3.8, 4) is 11.5 Å². The molecule has 1 amide bonds. The summed E-state index contributed by atoms with van der Waals surface area (Å²) in [7, 11) is 0. The Bertz CT molecular complexity index is 928. The molecular formula is C18H14Cl2N2O3. The lowest BCUT2D eigenvalue weighted by atomic mass is 10.1. The third-order valence-corrected chi connectivity index (χ3v) is 4.48. The van der Waals surface area contributed by atoms with Gasteiger partial charge in [0, 0.05) is 34.3 Å². The van der Waals surface area contributed by atoms with Gasteiger partial charge in [-0.05, 0) is 36.4 Å². The topological polar surface area (TPSA) is 55.6 Å². The Morgan fingerprint density at radius 2 is 1.76 bits per heavy atom. The molecule has 4 rings (SSSR count). The summed E-state index contributed by atoms with van der Waals surface area (Å²) in [5, 5.41) is 1.01. The van der Waals surface area contributed by atoms with Crippen molar-refractivity contribution in [2.24, 2.45) is 0 Å². The first-order chi connectivity index (χ1) is 12.1. The van der Waals surface area contributed by atoms with Crippen LogP contribution in [-0.2, 0) is 4.74 Å². The van der Waals surface area contributed by atoms with E-state index in [1.807, 2.05) is 0 Å². The van der Waals surface area contributed by atoms with E-state index in [0.717, 1.165) is 0 Å². The molecular weight excluding hydrogens is 363 g/mol. The number of hydrogen-bond donors (Lipinski definition) is 0. The largest absolute Gasteiger partial charge is 0.436 e. The predicted octanol–water partition coefficient (Wildman–Crippen LogP) is 4.27. The van der Waals surface area contributed by atoms with Crippen molar-refractivity contribution >= 4 is 40.2 Å². The Morgan fingerprint density at radius 1 is 1.04 bits per heavy atom. The minimum Gasteiger partial charge on any atom is -0.436 e. The Labute approximate surface area is 154 Å². The van der Waals surface area contributed by atoms with Crippen LogP contribution in [0.15, 0.2) is 40.8 Å². The summed E-state index contributed by atoms with van der Waals surface area (Å²) >= 11 is 12.1. The molecule has 0 unspecified atom stereocenters. The van der Waals surface area contributed by atoms with Gasteiger partial charge in [0.25, 0.3) is 5.91 Å². The van der Waals surface area contributed by atoms with Crippen LogP contribution in [0.1, 0.15) is 10.4 Å². The minimum absolute atomic E-state index is 0.0334. The third kappa shape index (κ3) is 3.35. The van der Waals surface area contributed by atoms with Gasteiger partial charge >= 0.3 is 0 Å². The molecule has 1 aliphatic rings. The molecule has 0 bridgehead atoms. The van der Waals surface area contributed by atoms with Gasteiger partial charge in [-0.1, -0.05) is 23.2 Å². The number of halogens is 2. The van der Waals surface area contributed by atoms with Crippen LogP contribution < -0.4 is 0 Å². The van der Waals surface area contributed by atoms with Crippen molar-refractivity contribution in [2.45, 2.75) is 0 Å². The van der Waals surface area contributed by atoms with E-state index in [0.29, 0.717) is 64.5 Å². The number of aromatic nitrogens is 1. The van der Waals surface area contributed by atoms with Gasteiger partial charge in [0.15, 0.2) is 5.58 Å². The number of ether oxygens (including phenoxy) is 1. The van der Waals surface area contributed by atoms with E-state index in [2.05, 4.69) is 4.98 Å². The summed E-state index contributed by atoms with van der Waals surface area (Å²) in [5.41, 5.74) is 2.48. The van der Waals surface area contributed by atoms with Gasteiger partial charge in [-0.15, -0.1) is 0 Å². The molecule has 128 valence electrons. The van der Waals surface area contributed by atoms with Gasteiger partial charge in [0.1, 0.15) is 5.52 Å². The first-order valence-electron chi connectivity index (χ1n) is 7.84. The maximum atomic E-state index is 12.6. The van der Waals surface area contributed by atoms with Crippen LogP contribution in [-0.4, -0.2) is 42.1 Å². The van der Waals surface area contributed by atoms with Crippen LogP contribution >= 0.6 is 23.2 Å². The van der Waals surface area contributed by atoms with E-state index < -0.39 is 0 Å². The van der Waals surface area contributed by atoms with Crippen molar-refractivity contribution in [1.29, 1.82) is 0 Å². The second kappa shape index (κ2) is 6.67. The molecule has 0 saturated carbocycles. The highest BCUT2D eigenvalue weighted by molar-refractivity contribution is 6.35. The third-order valence-electron chi connectivity index (χ3n) is 4.04. The van der Waals surface area contributed by atoms with Crippen LogP contribution in [0.3, 0.4) is 0 Å². The molecule has 1 aliphatic heterocycles. The summed E-state index contributed by atoms with van der Waals surface area (Å²) < 4.78 is 11.1. The smallest absolute Gasteiger partial charge is 0.254 e. The highest BCUT2D eigenvalue weighted by atomic mass is 35.5. The number of nitrogens with zero attached hydrogens (tertiary/aromatic N) is 2. The first kappa shape index (κ1) is 16.4. The quantitative estimate of drug-likeness (QED) is 0.669. The SMILES string of the molecule is O=C(c1ccc2nc(-c3cc(Cl)cc(Cl)c3)oc2c1)N1CCOCC1. The summed E-state index contributed by atoms with van der Waals surface area (Å²) in [5.74, 6) is 0.379. The number of benzene rings is 2. The number of oxazole rings is 1. The zero-order chi connectivity index (χ0) is 17.4. The van der Waals surface area contributed by atoms with Crippen LogP contribution in [0.5, 0.6) is 0 Å². The van der Waals surface area contributed by atoms with E-state index >= 15 is 0 Å². The molecule has 2 heterocycles. The fourth-order valence-corrected chi connectivity index (χ4v) is 3.33. The average Bonchev–Trinajstić information content (AvgIpc) is 3.04. The Morgan fingerprint density at radius 3 is 2.48 bits per heavy atom. The molecule has 25 heavy (non-hydrogen) atoms. The molecule has 1 fully saturated rings. The second-order valence-corrected chi connectivity index (χ2v) is 6.64. The average molecular weight is 377 g/mol. The van der Waals surface area contributed by atoms with Crippen molar-refractivity contribution in [3.05, 3.63) is 52.0 Å². The monoisotopic (exact) mass is 376 g/mol. The fourth-order valence-electron chi connectivity index (χ4n) is 2.81. The molecule has 0 radical (unpaired) electrons. The number of rotatable bonds is 2. The maximum Gasteiger partial charge on any atom is 0.254 e. The molecule has 1 aromatic heterocycles. The van der Waals surface area contributed by atoms with Crippen molar-refractivity contribution in [1.82, 2.24) is 9.88 Å². The Kier molecular flexibility index (Phi) is 4.37. The second-order valence-electron chi connectivity index (χ2n) is 5.76. The number of fused-ring (bicyclic) bond motifs is 1. The maximum absolute atomic E-state index is 12.6. The van der Waals surface area contributed by atoms with Gasteiger partial charge < -0.3 is 14.1 Å². The van der Waals surface area contributed by atoms with Crippen LogP contribution in [0.2, 0.25) is 10.0 Å². The standard InChI is InChI=1S/C18H14Cl2N2O3/c19-13-7-12(8-14(20)10-13)17-21-15-2-1-11(9-16(15)25-17)18(23)22-3-5-24-6-4-22/h1-2,7-10H,3-6H2. The molecule has 0 spiro atoms. The van der Waals surface area contributed by atoms with Gasteiger partial charge in [-0.2, -0.15) is 0 Å². The van der Waals surface area contributed by atoms with E-state index in [9.17, 15) is 4.79 Å². The van der Waals surface area contributed by atoms with Crippen LogP contribution in [0.25, 0.3) is 22.6 Å². The molecule has 3 aromatic rings. The number of hydrogen-bond acceptors (Lipinski definition) is 4. The van der Waals surface area contributed by atoms with E-state index in [1.165, 1.54) is 0 Å². The first-order valence-corrected chi connectivity index (χ1v) is 8.60. The summed E-state index contributed by atoms with van der Waals surface area (Å²) in [6, 6.07) is 10.4. The number of carbonyl (C=O) groups is 1. The lowest BCUT2D eigenvalue weighted by Crippen LogP contribution is -2.40. The summed E-state index contributed by atoms with van der Waals surface area (Å²) in [6.45, 7) is 2.32. The highest BCUT2D eigenvalue weighted by Crippen LogP contribution is 2.29. The van der Waals surface area contributed by atoms with Crippen molar-refractivity contribution in [3.63, 3.8) is 0 Å². The van der Waals surface area contributed by atoms with Gasteiger partial charge in [0.2, 0.25) is 5.89 Å². The number of carbonyl (C=O) groups excluding carboxylic acids is 1. The van der Waals surface area contributed by atoms with E-state index in [4.69, 9.17) is 32.4 Å². The summed E-state index contributed by atoms with van der Waals surface area (Å²) in [4.78, 5) is 18.8. The molecule has 1 saturated heterocycles. The van der Waals surface area contributed by atoms with Crippen LogP contribution in [0, 0.1) is 0 Å². The molecule has 2 aromatic carbocycles. The van der Waals surface area contributed by atoms with Gasteiger partial charge in [0.05, 0.1) is 13.2 Å². The van der Waals surface area contributed by atoms with E-state index in [-0.39, 0.29) is 5.91 Å². The molecule has 0 atom stereocenters. The Balaban J connectivity index is 1.68. The minimum atomic E-state index is -0.0334. The highest BCUT2D eigenvalue weighted by Gasteiger charge is 2.20. The van der Waals surface area contributed by atoms with Gasteiger partial charge in [-0.3, -0.25) is 4.79 Å². The molecule has 0 N–H and O–H groups in total. The zero-order valence-electron chi connectivity index (χ0n) is 13.2. The van der Waals surface area contributed by atoms with E-state index in [1.54, 1.807) is 41.3 Å². The fraction of sp³-hybridized carbons (Fsp3) is 0.222. The lowest BCUT2D eigenvalue weighted by Gasteiger charge is -2.26. The summed E-state index contributed by atoms with van der Waals surface area (Å²) in [6.07, 6.45) is 0. The zero-order valence-corrected chi connectivity index (χ0v) is 14.7. The van der Waals surface area contributed by atoms with Crippen molar-refractivity contribution in [2.75, 3.05) is 26.3 Å². The predicted molar refractivity (Wildman–Crippen MR) is 96.2 cm³/mol. The van der Waals surface area contributed by atoms with Crippen molar-refractivity contribution < 1.29 is 13.9 Å². The van der Waals surface area contributed by atoms with Crippen LogP contribution in [0.4, 0.5) is 0 Å². The lowest BCUT2D eigenvalue weighted by molar-refractivity contribution is 0.0303. The molecule has 5 nitrogen and oxygen atoms in total. The number of amides is 1.